The molecule has 4 nitrogen and oxygen atoms in total. The van der Waals surface area contributed by atoms with Crippen LogP contribution in [-0.2, 0) is 13.5 Å². The summed E-state index contributed by atoms with van der Waals surface area (Å²) in [5.74, 6) is 0. The Morgan fingerprint density at radius 2 is 2.11 bits per heavy atom. The summed E-state index contributed by atoms with van der Waals surface area (Å²) in [7, 11) is 3.87. The van der Waals surface area contributed by atoms with Crippen LogP contribution in [0.1, 0.15) is 28.7 Å². The maximum Gasteiger partial charge on any atom is 0.0847 e. The molecule has 0 saturated heterocycles. The Kier molecular flexibility index (Phi) is 4.22. The van der Waals surface area contributed by atoms with Gasteiger partial charge in [-0.2, -0.15) is 5.10 Å². The number of hydrogen-bond donors (Lipinski definition) is 1. The van der Waals surface area contributed by atoms with Crippen LogP contribution >= 0.6 is 11.6 Å². The molecule has 0 bridgehead atoms. The molecule has 2 aromatic rings. The van der Waals surface area contributed by atoms with Crippen molar-refractivity contribution in [3.8, 4) is 0 Å². The highest BCUT2D eigenvalue weighted by Gasteiger charge is 2.17. The van der Waals surface area contributed by atoms with Crippen LogP contribution in [-0.4, -0.2) is 21.8 Å². The normalized spacial score (nSPS) is 12.7. The average Bonchev–Trinajstić information content (AvgIpc) is 2.63. The molecule has 19 heavy (non-hydrogen) atoms. The van der Waals surface area contributed by atoms with Gasteiger partial charge in [0, 0.05) is 31.4 Å². The number of likely N-dealkylation sites (N-methyl/N-ethyl adjacent to an activating group) is 1. The van der Waals surface area contributed by atoms with Gasteiger partial charge in [0.2, 0.25) is 0 Å². The molecule has 2 heterocycles. The minimum Gasteiger partial charge on any atom is -0.313 e. The number of aryl methyl sites for hydroxylation is 3. The van der Waals surface area contributed by atoms with E-state index >= 15 is 0 Å². The molecule has 5 heteroatoms. The summed E-state index contributed by atoms with van der Waals surface area (Å²) in [6.45, 7) is 3.91. The van der Waals surface area contributed by atoms with E-state index in [0.29, 0.717) is 0 Å². The second kappa shape index (κ2) is 5.72. The third kappa shape index (κ3) is 2.96. The van der Waals surface area contributed by atoms with Crippen molar-refractivity contribution >= 4 is 11.6 Å². The maximum atomic E-state index is 6.30. The summed E-state index contributed by atoms with van der Waals surface area (Å²) >= 11 is 6.30. The third-order valence-electron chi connectivity index (χ3n) is 3.34. The number of hydrogen-bond acceptors (Lipinski definition) is 3. The zero-order valence-corrected chi connectivity index (χ0v) is 12.5. The molecule has 1 atom stereocenters. The van der Waals surface area contributed by atoms with Gasteiger partial charge in [0.25, 0.3) is 0 Å². The quantitative estimate of drug-likeness (QED) is 0.935. The number of halogens is 1. The van der Waals surface area contributed by atoms with Crippen LogP contribution < -0.4 is 5.32 Å². The molecule has 0 radical (unpaired) electrons. The molecular formula is C14H19ClN4. The van der Waals surface area contributed by atoms with Gasteiger partial charge < -0.3 is 5.32 Å². The first kappa shape index (κ1) is 14.0. The van der Waals surface area contributed by atoms with Crippen molar-refractivity contribution in [1.82, 2.24) is 20.1 Å². The largest absolute Gasteiger partial charge is 0.313 e. The lowest BCUT2D eigenvalue weighted by Gasteiger charge is -2.17. The van der Waals surface area contributed by atoms with Gasteiger partial charge in [0.1, 0.15) is 0 Å². The zero-order valence-electron chi connectivity index (χ0n) is 11.7. The van der Waals surface area contributed by atoms with Gasteiger partial charge in [-0.1, -0.05) is 17.7 Å². The summed E-state index contributed by atoms with van der Waals surface area (Å²) in [5.41, 5.74) is 4.09. The standard InChI is InChI=1S/C14H19ClN4/c1-9-5-6-11(8-17-9)12(16-3)7-13-14(15)10(2)18-19(13)4/h5-6,8,12,16H,7H2,1-4H3. The van der Waals surface area contributed by atoms with Gasteiger partial charge >= 0.3 is 0 Å². The van der Waals surface area contributed by atoms with E-state index in [1.54, 1.807) is 0 Å². The van der Waals surface area contributed by atoms with E-state index in [1.165, 1.54) is 0 Å². The Labute approximate surface area is 118 Å². The van der Waals surface area contributed by atoms with Crippen molar-refractivity contribution in [3.05, 3.63) is 46.0 Å². The Morgan fingerprint density at radius 1 is 1.37 bits per heavy atom. The molecule has 1 unspecified atom stereocenters. The van der Waals surface area contributed by atoms with Crippen molar-refractivity contribution in [3.63, 3.8) is 0 Å². The van der Waals surface area contributed by atoms with E-state index in [1.807, 2.05) is 44.9 Å². The van der Waals surface area contributed by atoms with E-state index < -0.39 is 0 Å². The van der Waals surface area contributed by atoms with E-state index in [2.05, 4.69) is 21.5 Å². The number of pyridine rings is 1. The van der Waals surface area contributed by atoms with E-state index in [-0.39, 0.29) is 6.04 Å². The minimum atomic E-state index is 0.181. The molecule has 0 fully saturated rings. The van der Waals surface area contributed by atoms with Gasteiger partial charge in [-0.15, -0.1) is 0 Å². The second-order valence-corrected chi connectivity index (χ2v) is 5.13. The summed E-state index contributed by atoms with van der Waals surface area (Å²) in [6.07, 6.45) is 2.70. The van der Waals surface area contributed by atoms with Gasteiger partial charge in [-0.25, -0.2) is 0 Å². The highest BCUT2D eigenvalue weighted by molar-refractivity contribution is 6.31. The van der Waals surface area contributed by atoms with Crippen LogP contribution in [0, 0.1) is 13.8 Å². The highest BCUT2D eigenvalue weighted by atomic mass is 35.5. The molecule has 0 aliphatic heterocycles. The fraction of sp³-hybridized carbons (Fsp3) is 0.429. The molecule has 0 aliphatic rings. The highest BCUT2D eigenvalue weighted by Crippen LogP contribution is 2.25. The van der Waals surface area contributed by atoms with Gasteiger partial charge in [0.05, 0.1) is 16.4 Å². The summed E-state index contributed by atoms with van der Waals surface area (Å²) < 4.78 is 1.85. The first-order chi connectivity index (χ1) is 9.02. The molecule has 0 aliphatic carbocycles. The maximum absolute atomic E-state index is 6.30. The van der Waals surface area contributed by atoms with Crippen LogP contribution in [0.2, 0.25) is 5.02 Å². The molecule has 2 aromatic heterocycles. The number of nitrogens with zero attached hydrogens (tertiary/aromatic N) is 3. The van der Waals surface area contributed by atoms with Crippen molar-refractivity contribution in [1.29, 1.82) is 0 Å². The Morgan fingerprint density at radius 3 is 2.58 bits per heavy atom. The van der Waals surface area contributed by atoms with Crippen molar-refractivity contribution in [2.24, 2.45) is 7.05 Å². The predicted octanol–water partition coefficient (Wildman–Crippen LogP) is 2.59. The molecule has 0 saturated carbocycles. The predicted molar refractivity (Wildman–Crippen MR) is 77.4 cm³/mol. The lowest BCUT2D eigenvalue weighted by molar-refractivity contribution is 0.559. The van der Waals surface area contributed by atoms with Gasteiger partial charge in [0.15, 0.2) is 0 Å². The molecule has 1 N–H and O–H groups in total. The van der Waals surface area contributed by atoms with Crippen molar-refractivity contribution < 1.29 is 0 Å². The number of aromatic nitrogens is 3. The Hall–Kier alpha value is -1.39. The lowest BCUT2D eigenvalue weighted by atomic mass is 10.0. The monoisotopic (exact) mass is 278 g/mol. The van der Waals surface area contributed by atoms with E-state index in [9.17, 15) is 0 Å². The average molecular weight is 279 g/mol. The fourth-order valence-electron chi connectivity index (χ4n) is 2.17. The van der Waals surface area contributed by atoms with Crippen molar-refractivity contribution in [2.45, 2.75) is 26.3 Å². The Bertz CT molecular complexity index is 560. The van der Waals surface area contributed by atoms with E-state index in [4.69, 9.17) is 11.6 Å². The van der Waals surface area contributed by atoms with E-state index in [0.717, 1.165) is 34.1 Å². The molecule has 2 rings (SSSR count). The number of nitrogens with one attached hydrogen (secondary N) is 1. The minimum absolute atomic E-state index is 0.181. The molecule has 0 amide bonds. The molecular weight excluding hydrogens is 260 g/mol. The van der Waals surface area contributed by atoms with Crippen LogP contribution in [0.4, 0.5) is 0 Å². The SMILES string of the molecule is CNC(Cc1c(Cl)c(C)nn1C)c1ccc(C)nc1. The molecule has 0 aromatic carbocycles. The fourth-order valence-corrected chi connectivity index (χ4v) is 2.40. The van der Waals surface area contributed by atoms with Gasteiger partial charge in [-0.05, 0) is 32.5 Å². The van der Waals surface area contributed by atoms with Crippen LogP contribution in [0.25, 0.3) is 0 Å². The Balaban J connectivity index is 2.26. The summed E-state index contributed by atoms with van der Waals surface area (Å²) in [6, 6.07) is 4.30. The number of rotatable bonds is 4. The van der Waals surface area contributed by atoms with Crippen LogP contribution in [0.15, 0.2) is 18.3 Å². The zero-order chi connectivity index (χ0) is 14.0. The topological polar surface area (TPSA) is 42.7 Å². The summed E-state index contributed by atoms with van der Waals surface area (Å²) in [5, 5.41) is 8.41. The van der Waals surface area contributed by atoms with Gasteiger partial charge in [-0.3, -0.25) is 9.67 Å². The van der Waals surface area contributed by atoms with Crippen LogP contribution in [0.5, 0.6) is 0 Å². The van der Waals surface area contributed by atoms with Crippen LogP contribution in [0.3, 0.4) is 0 Å². The molecule has 102 valence electrons. The second-order valence-electron chi connectivity index (χ2n) is 4.75. The van der Waals surface area contributed by atoms with Crippen molar-refractivity contribution in [2.75, 3.05) is 7.05 Å². The first-order valence-corrected chi connectivity index (χ1v) is 6.68. The smallest absolute Gasteiger partial charge is 0.0847 e. The molecule has 0 spiro atoms. The third-order valence-corrected chi connectivity index (χ3v) is 3.84. The summed E-state index contributed by atoms with van der Waals surface area (Å²) in [4.78, 5) is 4.34. The first-order valence-electron chi connectivity index (χ1n) is 6.30. The lowest BCUT2D eigenvalue weighted by Crippen LogP contribution is -2.20.